The Morgan fingerprint density at radius 2 is 2.29 bits per heavy atom. The number of fused-ring (bicyclic) bond motifs is 1. The lowest BCUT2D eigenvalue weighted by molar-refractivity contribution is 0.0429. The first-order valence-corrected chi connectivity index (χ1v) is 7.70. The third-order valence-corrected chi connectivity index (χ3v) is 3.77. The lowest BCUT2D eigenvalue weighted by Gasteiger charge is -2.26. The number of benzene rings is 1. The van der Waals surface area contributed by atoms with Crippen molar-refractivity contribution in [2.45, 2.75) is 12.5 Å². The Hall–Kier alpha value is -0.710. The van der Waals surface area contributed by atoms with Crippen molar-refractivity contribution in [3.05, 3.63) is 35.4 Å². The molecule has 0 radical (unpaired) electrons. The van der Waals surface area contributed by atoms with Gasteiger partial charge in [0.15, 0.2) is 0 Å². The standard InChI is InChI=1S/C13H19NO2S/c1-17(15)9-7-14-10-13-12-5-3-2-4-11(12)6-8-16-13/h2-5,13-14H,6-10H2,1H3. The molecular formula is C13H19NO2S. The summed E-state index contributed by atoms with van der Waals surface area (Å²) in [6, 6.07) is 8.45. The summed E-state index contributed by atoms with van der Waals surface area (Å²) < 4.78 is 16.7. The second-order valence-electron chi connectivity index (χ2n) is 4.29. The lowest BCUT2D eigenvalue weighted by atomic mass is 9.98. The van der Waals surface area contributed by atoms with E-state index in [9.17, 15) is 4.21 Å². The van der Waals surface area contributed by atoms with Crippen LogP contribution >= 0.6 is 0 Å². The molecule has 1 N–H and O–H groups in total. The van der Waals surface area contributed by atoms with E-state index in [1.807, 2.05) is 0 Å². The number of rotatable bonds is 5. The highest BCUT2D eigenvalue weighted by molar-refractivity contribution is 7.84. The molecule has 0 bridgehead atoms. The van der Waals surface area contributed by atoms with Crippen LogP contribution in [0, 0.1) is 0 Å². The molecule has 1 aromatic carbocycles. The van der Waals surface area contributed by atoms with E-state index in [0.29, 0.717) is 5.75 Å². The fourth-order valence-corrected chi connectivity index (χ4v) is 2.53. The third-order valence-electron chi connectivity index (χ3n) is 2.99. The number of hydrogen-bond acceptors (Lipinski definition) is 3. The Morgan fingerprint density at radius 3 is 3.12 bits per heavy atom. The molecular weight excluding hydrogens is 234 g/mol. The van der Waals surface area contributed by atoms with Crippen LogP contribution in [0.2, 0.25) is 0 Å². The van der Waals surface area contributed by atoms with E-state index in [-0.39, 0.29) is 6.10 Å². The van der Waals surface area contributed by atoms with E-state index >= 15 is 0 Å². The molecule has 17 heavy (non-hydrogen) atoms. The van der Waals surface area contributed by atoms with Gasteiger partial charge in [-0.1, -0.05) is 24.3 Å². The Balaban J connectivity index is 1.88. The SMILES string of the molecule is CS(=O)CCNCC1OCCc2ccccc21. The maximum absolute atomic E-state index is 10.9. The van der Waals surface area contributed by atoms with Crippen molar-refractivity contribution < 1.29 is 8.95 Å². The second-order valence-corrected chi connectivity index (χ2v) is 5.84. The van der Waals surface area contributed by atoms with Crippen molar-refractivity contribution in [1.82, 2.24) is 5.32 Å². The van der Waals surface area contributed by atoms with E-state index in [2.05, 4.69) is 29.6 Å². The second kappa shape index (κ2) is 6.28. The molecule has 0 aromatic heterocycles. The van der Waals surface area contributed by atoms with Crippen LogP contribution in [-0.4, -0.2) is 35.9 Å². The summed E-state index contributed by atoms with van der Waals surface area (Å²) >= 11 is 0. The van der Waals surface area contributed by atoms with Crippen LogP contribution in [0.1, 0.15) is 17.2 Å². The quantitative estimate of drug-likeness (QED) is 0.803. The molecule has 4 heteroatoms. The molecule has 1 aliphatic rings. The van der Waals surface area contributed by atoms with Gasteiger partial charge in [-0.3, -0.25) is 4.21 Å². The summed E-state index contributed by atoms with van der Waals surface area (Å²) in [6.07, 6.45) is 2.88. The van der Waals surface area contributed by atoms with Crippen LogP contribution in [0.4, 0.5) is 0 Å². The van der Waals surface area contributed by atoms with Gasteiger partial charge in [0.05, 0.1) is 12.7 Å². The van der Waals surface area contributed by atoms with Crippen LogP contribution in [0.25, 0.3) is 0 Å². The van der Waals surface area contributed by atoms with Crippen LogP contribution in [0.15, 0.2) is 24.3 Å². The average molecular weight is 253 g/mol. The summed E-state index contributed by atoms with van der Waals surface area (Å²) in [6.45, 7) is 2.38. The van der Waals surface area contributed by atoms with E-state index in [1.54, 1.807) is 6.26 Å². The van der Waals surface area contributed by atoms with Crippen LogP contribution in [0.5, 0.6) is 0 Å². The molecule has 0 fully saturated rings. The largest absolute Gasteiger partial charge is 0.372 e. The van der Waals surface area contributed by atoms with Crippen molar-refractivity contribution in [2.75, 3.05) is 31.7 Å². The predicted molar refractivity (Wildman–Crippen MR) is 70.6 cm³/mol. The zero-order chi connectivity index (χ0) is 12.1. The molecule has 0 saturated heterocycles. The molecule has 94 valence electrons. The smallest absolute Gasteiger partial charge is 0.0952 e. The molecule has 0 saturated carbocycles. The molecule has 1 aromatic rings. The van der Waals surface area contributed by atoms with Gasteiger partial charge in [-0.05, 0) is 17.5 Å². The highest BCUT2D eigenvalue weighted by atomic mass is 32.2. The minimum absolute atomic E-state index is 0.144. The lowest BCUT2D eigenvalue weighted by Crippen LogP contribution is -2.29. The van der Waals surface area contributed by atoms with Crippen molar-refractivity contribution in [3.63, 3.8) is 0 Å². The zero-order valence-corrected chi connectivity index (χ0v) is 11.0. The highest BCUT2D eigenvalue weighted by Crippen LogP contribution is 2.25. The fraction of sp³-hybridized carbons (Fsp3) is 0.538. The Kier molecular flexibility index (Phi) is 4.71. The van der Waals surface area contributed by atoms with Crippen molar-refractivity contribution in [1.29, 1.82) is 0 Å². The topological polar surface area (TPSA) is 38.3 Å². The summed E-state index contributed by atoms with van der Waals surface area (Å²) in [4.78, 5) is 0. The Bertz CT molecular complexity index is 395. The summed E-state index contributed by atoms with van der Waals surface area (Å²) in [7, 11) is -0.720. The van der Waals surface area contributed by atoms with Gasteiger partial charge in [0, 0.05) is 35.9 Å². The number of nitrogens with one attached hydrogen (secondary N) is 1. The first-order chi connectivity index (χ1) is 8.27. The van der Waals surface area contributed by atoms with Gasteiger partial charge in [0.25, 0.3) is 0 Å². The summed E-state index contributed by atoms with van der Waals surface area (Å²) in [5, 5.41) is 3.31. The van der Waals surface area contributed by atoms with Gasteiger partial charge in [0.2, 0.25) is 0 Å². The molecule has 0 aliphatic carbocycles. The number of hydrogen-bond donors (Lipinski definition) is 1. The van der Waals surface area contributed by atoms with E-state index in [4.69, 9.17) is 4.74 Å². The molecule has 2 rings (SSSR count). The van der Waals surface area contributed by atoms with Crippen molar-refractivity contribution in [2.24, 2.45) is 0 Å². The Labute approximate surface area is 105 Å². The van der Waals surface area contributed by atoms with Crippen LogP contribution in [0.3, 0.4) is 0 Å². The normalized spacial score (nSPS) is 20.9. The minimum atomic E-state index is -0.720. The molecule has 3 nitrogen and oxygen atoms in total. The van der Waals surface area contributed by atoms with Gasteiger partial charge >= 0.3 is 0 Å². The van der Waals surface area contributed by atoms with E-state index < -0.39 is 10.8 Å². The first kappa shape index (κ1) is 12.7. The molecule has 0 spiro atoms. The van der Waals surface area contributed by atoms with Crippen molar-refractivity contribution in [3.8, 4) is 0 Å². The maximum atomic E-state index is 10.9. The molecule has 2 unspecified atom stereocenters. The monoisotopic (exact) mass is 253 g/mol. The van der Waals surface area contributed by atoms with Gasteiger partial charge in [0.1, 0.15) is 0 Å². The number of ether oxygens (including phenoxy) is 1. The Morgan fingerprint density at radius 1 is 1.47 bits per heavy atom. The predicted octanol–water partition coefficient (Wildman–Crippen LogP) is 1.27. The maximum Gasteiger partial charge on any atom is 0.0952 e. The van der Waals surface area contributed by atoms with E-state index in [0.717, 1.165) is 26.1 Å². The van der Waals surface area contributed by atoms with Gasteiger partial charge in [-0.25, -0.2) is 0 Å². The molecule has 1 aliphatic heterocycles. The fourth-order valence-electron chi connectivity index (χ4n) is 2.09. The highest BCUT2D eigenvalue weighted by Gasteiger charge is 2.19. The summed E-state index contributed by atoms with van der Waals surface area (Å²) in [5.74, 6) is 0.703. The van der Waals surface area contributed by atoms with Crippen molar-refractivity contribution >= 4 is 10.8 Å². The molecule has 0 amide bonds. The van der Waals surface area contributed by atoms with E-state index in [1.165, 1.54) is 11.1 Å². The van der Waals surface area contributed by atoms with Gasteiger partial charge in [-0.15, -0.1) is 0 Å². The third kappa shape index (κ3) is 3.63. The first-order valence-electron chi connectivity index (χ1n) is 5.97. The molecule has 2 atom stereocenters. The van der Waals surface area contributed by atoms with Gasteiger partial charge in [-0.2, -0.15) is 0 Å². The zero-order valence-electron chi connectivity index (χ0n) is 10.1. The average Bonchev–Trinajstić information content (AvgIpc) is 2.34. The van der Waals surface area contributed by atoms with Gasteiger partial charge < -0.3 is 10.1 Å². The van der Waals surface area contributed by atoms with Crippen LogP contribution in [-0.2, 0) is 22.0 Å². The van der Waals surface area contributed by atoms with Crippen LogP contribution < -0.4 is 5.32 Å². The molecule has 1 heterocycles. The minimum Gasteiger partial charge on any atom is -0.372 e. The summed E-state index contributed by atoms with van der Waals surface area (Å²) in [5.41, 5.74) is 2.69.